The van der Waals surface area contributed by atoms with Crippen LogP contribution in [0.3, 0.4) is 0 Å². The van der Waals surface area contributed by atoms with Crippen LogP contribution in [0, 0.1) is 0 Å². The number of ether oxygens (including phenoxy) is 1. The van der Waals surface area contributed by atoms with Gasteiger partial charge in [0.2, 0.25) is 0 Å². The number of aromatic nitrogens is 2. The molecule has 102 valence electrons. The van der Waals surface area contributed by atoms with Crippen LogP contribution in [0.1, 0.15) is 57.5 Å². The molecule has 0 aromatic carbocycles. The number of imidazole rings is 1. The summed E-state index contributed by atoms with van der Waals surface area (Å²) < 4.78 is 6.00. The van der Waals surface area contributed by atoms with Crippen LogP contribution in [-0.2, 0) is 16.9 Å². The summed E-state index contributed by atoms with van der Waals surface area (Å²) in [7, 11) is 0. The van der Waals surface area contributed by atoms with Crippen LogP contribution in [0.4, 0.5) is 0 Å². The topological polar surface area (TPSA) is 49.9 Å². The first-order valence-electron chi connectivity index (χ1n) is 7.20. The zero-order valence-electron chi connectivity index (χ0n) is 11.6. The molecule has 0 spiro atoms. The molecule has 1 saturated carbocycles. The lowest BCUT2D eigenvalue weighted by Crippen LogP contribution is -2.27. The molecule has 0 atom stereocenters. The third kappa shape index (κ3) is 2.93. The van der Waals surface area contributed by atoms with Gasteiger partial charge in [-0.3, -0.25) is 0 Å². The highest BCUT2D eigenvalue weighted by Gasteiger charge is 2.38. The van der Waals surface area contributed by atoms with Gasteiger partial charge in [0.05, 0.1) is 0 Å². The van der Waals surface area contributed by atoms with E-state index in [0.29, 0.717) is 0 Å². The summed E-state index contributed by atoms with van der Waals surface area (Å²) in [5, 5.41) is 3.39. The van der Waals surface area contributed by atoms with Crippen molar-refractivity contribution >= 4 is 0 Å². The third-order valence-electron chi connectivity index (χ3n) is 3.63. The highest BCUT2D eigenvalue weighted by molar-refractivity contribution is 5.10. The van der Waals surface area contributed by atoms with Gasteiger partial charge < -0.3 is 15.0 Å². The lowest BCUT2D eigenvalue weighted by Gasteiger charge is -2.26. The third-order valence-corrected chi connectivity index (χ3v) is 3.63. The van der Waals surface area contributed by atoms with Crippen LogP contribution in [0.2, 0.25) is 0 Å². The molecule has 0 amide bonds. The van der Waals surface area contributed by atoms with Crippen molar-refractivity contribution in [1.29, 1.82) is 0 Å². The number of rotatable bonds is 7. The SMILES string of the molecule is CCCNCc1cnc(C2(OCC)CCCC2)[nH]1. The Bertz CT molecular complexity index is 356. The van der Waals surface area contributed by atoms with Gasteiger partial charge in [-0.1, -0.05) is 6.92 Å². The van der Waals surface area contributed by atoms with E-state index in [9.17, 15) is 0 Å². The molecular formula is C14H25N3O. The van der Waals surface area contributed by atoms with E-state index in [4.69, 9.17) is 4.74 Å². The highest BCUT2D eigenvalue weighted by Crippen LogP contribution is 2.40. The zero-order valence-corrected chi connectivity index (χ0v) is 11.6. The monoisotopic (exact) mass is 251 g/mol. The Morgan fingerprint density at radius 3 is 2.83 bits per heavy atom. The molecule has 1 aromatic rings. The van der Waals surface area contributed by atoms with E-state index in [0.717, 1.165) is 50.5 Å². The lowest BCUT2D eigenvalue weighted by atomic mass is 10.0. The molecule has 0 unspecified atom stereocenters. The quantitative estimate of drug-likeness (QED) is 0.733. The highest BCUT2D eigenvalue weighted by atomic mass is 16.5. The van der Waals surface area contributed by atoms with Crippen molar-refractivity contribution in [2.24, 2.45) is 0 Å². The van der Waals surface area contributed by atoms with Crippen molar-refractivity contribution in [3.8, 4) is 0 Å². The number of aromatic amines is 1. The van der Waals surface area contributed by atoms with Gasteiger partial charge >= 0.3 is 0 Å². The number of hydrogen-bond donors (Lipinski definition) is 2. The largest absolute Gasteiger partial charge is 0.367 e. The van der Waals surface area contributed by atoms with Gasteiger partial charge in [-0.15, -0.1) is 0 Å². The molecule has 1 aliphatic rings. The van der Waals surface area contributed by atoms with E-state index >= 15 is 0 Å². The van der Waals surface area contributed by atoms with Crippen molar-refractivity contribution in [1.82, 2.24) is 15.3 Å². The van der Waals surface area contributed by atoms with E-state index < -0.39 is 0 Å². The summed E-state index contributed by atoms with van der Waals surface area (Å²) >= 11 is 0. The van der Waals surface area contributed by atoms with Crippen LogP contribution < -0.4 is 5.32 Å². The van der Waals surface area contributed by atoms with Gasteiger partial charge in [-0.25, -0.2) is 4.98 Å². The number of nitrogens with zero attached hydrogens (tertiary/aromatic N) is 1. The summed E-state index contributed by atoms with van der Waals surface area (Å²) in [4.78, 5) is 7.99. The second kappa shape index (κ2) is 6.34. The Labute approximate surface area is 110 Å². The first-order chi connectivity index (χ1) is 8.80. The Hall–Kier alpha value is -0.870. The fourth-order valence-electron chi connectivity index (χ4n) is 2.75. The van der Waals surface area contributed by atoms with Gasteiger partial charge in [0.1, 0.15) is 11.4 Å². The van der Waals surface area contributed by atoms with Crippen LogP contribution >= 0.6 is 0 Å². The molecule has 18 heavy (non-hydrogen) atoms. The average Bonchev–Trinajstić information content (AvgIpc) is 2.99. The van der Waals surface area contributed by atoms with Crippen molar-refractivity contribution in [2.45, 2.75) is 58.1 Å². The molecule has 0 aliphatic heterocycles. The van der Waals surface area contributed by atoms with Gasteiger partial charge in [0.15, 0.2) is 0 Å². The number of hydrogen-bond acceptors (Lipinski definition) is 3. The molecule has 1 aromatic heterocycles. The normalized spacial score (nSPS) is 18.3. The standard InChI is InChI=1S/C14H25N3O/c1-3-9-15-10-12-11-16-13(17-12)14(18-4-2)7-5-6-8-14/h11,15H,3-10H2,1-2H3,(H,16,17). The minimum absolute atomic E-state index is 0.141. The molecule has 2 rings (SSSR count). The molecule has 4 nitrogen and oxygen atoms in total. The lowest BCUT2D eigenvalue weighted by molar-refractivity contribution is -0.0451. The second-order valence-corrected chi connectivity index (χ2v) is 5.07. The predicted octanol–water partition coefficient (Wildman–Crippen LogP) is 2.72. The fraction of sp³-hybridized carbons (Fsp3) is 0.786. The van der Waals surface area contributed by atoms with E-state index in [1.165, 1.54) is 12.8 Å². The van der Waals surface area contributed by atoms with Crippen LogP contribution in [0.5, 0.6) is 0 Å². The number of H-pyrrole nitrogens is 1. The smallest absolute Gasteiger partial charge is 0.138 e. The van der Waals surface area contributed by atoms with Crippen molar-refractivity contribution in [3.05, 3.63) is 17.7 Å². The minimum atomic E-state index is -0.141. The van der Waals surface area contributed by atoms with Crippen molar-refractivity contribution < 1.29 is 4.74 Å². The van der Waals surface area contributed by atoms with E-state index in [1.807, 2.05) is 6.20 Å². The molecule has 0 radical (unpaired) electrons. The average molecular weight is 251 g/mol. The van der Waals surface area contributed by atoms with Gasteiger partial charge in [-0.05, 0) is 45.6 Å². The maximum Gasteiger partial charge on any atom is 0.138 e. The van der Waals surface area contributed by atoms with Crippen LogP contribution in [0.25, 0.3) is 0 Å². The summed E-state index contributed by atoms with van der Waals surface area (Å²) in [5.74, 6) is 1.02. The van der Waals surface area contributed by atoms with Crippen LogP contribution in [0.15, 0.2) is 6.20 Å². The fourth-order valence-corrected chi connectivity index (χ4v) is 2.75. The van der Waals surface area contributed by atoms with Crippen molar-refractivity contribution in [3.63, 3.8) is 0 Å². The Balaban J connectivity index is 2.02. The summed E-state index contributed by atoms with van der Waals surface area (Å²) in [6.07, 6.45) is 7.77. The molecule has 1 aliphatic carbocycles. The molecule has 1 fully saturated rings. The molecule has 4 heteroatoms. The maximum absolute atomic E-state index is 6.00. The van der Waals surface area contributed by atoms with E-state index in [2.05, 4.69) is 29.1 Å². The zero-order chi connectivity index (χ0) is 12.8. The van der Waals surface area contributed by atoms with Crippen LogP contribution in [-0.4, -0.2) is 23.1 Å². The van der Waals surface area contributed by atoms with Gasteiger partial charge in [0.25, 0.3) is 0 Å². The molecule has 2 N–H and O–H groups in total. The predicted molar refractivity (Wildman–Crippen MR) is 72.4 cm³/mol. The minimum Gasteiger partial charge on any atom is -0.367 e. The number of nitrogens with one attached hydrogen (secondary N) is 2. The van der Waals surface area contributed by atoms with E-state index in [1.54, 1.807) is 0 Å². The van der Waals surface area contributed by atoms with Gasteiger partial charge in [-0.2, -0.15) is 0 Å². The first kappa shape index (κ1) is 13.6. The molecule has 0 saturated heterocycles. The summed E-state index contributed by atoms with van der Waals surface area (Å²) in [6, 6.07) is 0. The molecule has 0 bridgehead atoms. The molecular weight excluding hydrogens is 226 g/mol. The second-order valence-electron chi connectivity index (χ2n) is 5.07. The van der Waals surface area contributed by atoms with E-state index in [-0.39, 0.29) is 5.60 Å². The molecule has 1 heterocycles. The Morgan fingerprint density at radius 2 is 2.17 bits per heavy atom. The first-order valence-corrected chi connectivity index (χ1v) is 7.20. The van der Waals surface area contributed by atoms with Crippen molar-refractivity contribution in [2.75, 3.05) is 13.2 Å². The summed E-state index contributed by atoms with van der Waals surface area (Å²) in [5.41, 5.74) is 1.02. The Kier molecular flexibility index (Phi) is 4.78. The Morgan fingerprint density at radius 1 is 1.39 bits per heavy atom. The maximum atomic E-state index is 6.00. The summed E-state index contributed by atoms with van der Waals surface area (Å²) in [6.45, 7) is 6.90. The van der Waals surface area contributed by atoms with Gasteiger partial charge in [0, 0.05) is 25.0 Å².